The van der Waals surface area contributed by atoms with E-state index in [0.717, 1.165) is 10.9 Å². The third kappa shape index (κ3) is 6.61. The number of ether oxygens (including phenoxy) is 3. The summed E-state index contributed by atoms with van der Waals surface area (Å²) >= 11 is 0. The molecule has 1 aromatic heterocycles. The standard InChI is InChI=1S/C31H37N5O7/c1-18(2)26-28(38)33-20(4)29(39)36-13-5-6-24(35-36)27(37)32-19(3)23-10-9-22-8-7-21(14-25(22)34-23)11-12-31(30(40)43-26)15-41-17-42-16-31/h7-12,14,19-20,24,35H,5-6,13,15-17H2,1-4H3,(H,32,37)(H,33,38)/b12-11+/t19-,20+,24+/m1/s1. The van der Waals surface area contributed by atoms with E-state index in [1.807, 2.05) is 37.3 Å². The van der Waals surface area contributed by atoms with Gasteiger partial charge in [-0.15, -0.1) is 0 Å². The number of esters is 1. The molecule has 228 valence electrons. The molecule has 12 heteroatoms. The van der Waals surface area contributed by atoms with Crippen molar-refractivity contribution in [2.75, 3.05) is 26.6 Å². The summed E-state index contributed by atoms with van der Waals surface area (Å²) in [6.45, 7) is 7.05. The van der Waals surface area contributed by atoms with Crippen LogP contribution >= 0.6 is 0 Å². The van der Waals surface area contributed by atoms with Gasteiger partial charge in [0.2, 0.25) is 5.91 Å². The Hall–Kier alpha value is -4.13. The summed E-state index contributed by atoms with van der Waals surface area (Å²) in [5.74, 6) is -2.34. The molecule has 3 amide bonds. The van der Waals surface area contributed by atoms with Crippen LogP contribution < -0.4 is 16.1 Å². The maximum absolute atomic E-state index is 13.6. The van der Waals surface area contributed by atoms with E-state index in [-0.39, 0.29) is 31.7 Å². The zero-order chi connectivity index (χ0) is 30.7. The highest BCUT2D eigenvalue weighted by Gasteiger charge is 2.42. The van der Waals surface area contributed by atoms with Gasteiger partial charge < -0.3 is 24.8 Å². The maximum atomic E-state index is 13.6. The molecule has 3 aliphatic rings. The van der Waals surface area contributed by atoms with Crippen molar-refractivity contribution >= 4 is 40.7 Å². The van der Waals surface area contributed by atoms with Gasteiger partial charge in [-0.25, -0.2) is 5.43 Å². The van der Waals surface area contributed by atoms with E-state index < -0.39 is 41.3 Å². The van der Waals surface area contributed by atoms with Crippen molar-refractivity contribution in [1.29, 1.82) is 0 Å². The molecule has 0 aliphatic carbocycles. The van der Waals surface area contributed by atoms with Crippen LogP contribution in [0.1, 0.15) is 57.8 Å². The minimum absolute atomic E-state index is 0.0100. The van der Waals surface area contributed by atoms with Gasteiger partial charge >= 0.3 is 5.97 Å². The van der Waals surface area contributed by atoms with Crippen LogP contribution in [-0.4, -0.2) is 72.3 Å². The summed E-state index contributed by atoms with van der Waals surface area (Å²) in [7, 11) is 0. The lowest BCUT2D eigenvalue weighted by atomic mass is 9.88. The average molecular weight is 592 g/mol. The monoisotopic (exact) mass is 591 g/mol. The zero-order valence-corrected chi connectivity index (χ0v) is 24.8. The number of hydrogen-bond acceptors (Lipinski definition) is 9. The number of carbonyl (C=O) groups is 4. The van der Waals surface area contributed by atoms with Crippen LogP contribution in [-0.2, 0) is 33.4 Å². The molecule has 0 saturated carbocycles. The van der Waals surface area contributed by atoms with Crippen LogP contribution in [0.5, 0.6) is 0 Å². The molecule has 0 radical (unpaired) electrons. The van der Waals surface area contributed by atoms with Crippen molar-refractivity contribution in [3.05, 3.63) is 59.0 Å². The SMILES string of the molecule is CC(C)=C1OC(=O)C2(/C=C/c3ccc4ccc(nc4c3)[C@@H](C)NC(=O)[C@@H]3CCCN(N3)C(=O)[C@H](C)NC1=O)COCOC2. The second-order valence-corrected chi connectivity index (χ2v) is 11.5. The summed E-state index contributed by atoms with van der Waals surface area (Å²) < 4.78 is 16.7. The first-order valence-corrected chi connectivity index (χ1v) is 14.4. The molecule has 3 N–H and O–H groups in total. The molecule has 1 aromatic carbocycles. The fourth-order valence-corrected chi connectivity index (χ4v) is 5.23. The molecule has 43 heavy (non-hydrogen) atoms. The predicted molar refractivity (Wildman–Crippen MR) is 156 cm³/mol. The number of hydrazine groups is 1. The molecule has 2 saturated heterocycles. The number of amides is 3. The van der Waals surface area contributed by atoms with Crippen LogP contribution in [0.15, 0.2) is 47.7 Å². The first-order valence-electron chi connectivity index (χ1n) is 14.4. The van der Waals surface area contributed by atoms with E-state index in [1.54, 1.807) is 26.0 Å². The van der Waals surface area contributed by atoms with Gasteiger partial charge in [0, 0.05) is 11.9 Å². The number of nitrogens with one attached hydrogen (secondary N) is 3. The first-order chi connectivity index (χ1) is 20.6. The highest BCUT2D eigenvalue weighted by Crippen LogP contribution is 2.30. The number of fused-ring (bicyclic) bond motifs is 4. The van der Waals surface area contributed by atoms with Crippen molar-refractivity contribution in [3.8, 4) is 0 Å². The Morgan fingerprint density at radius 2 is 1.74 bits per heavy atom. The summed E-state index contributed by atoms with van der Waals surface area (Å²) in [6, 6.07) is 7.52. The molecule has 5 bridgehead atoms. The number of aromatic nitrogens is 1. The second-order valence-electron chi connectivity index (χ2n) is 11.5. The molecule has 3 aliphatic heterocycles. The van der Waals surface area contributed by atoms with Crippen LogP contribution in [0.2, 0.25) is 0 Å². The quantitative estimate of drug-likeness (QED) is 0.310. The smallest absolute Gasteiger partial charge is 0.326 e. The largest absolute Gasteiger partial charge is 0.420 e. The van der Waals surface area contributed by atoms with Gasteiger partial charge in [0.25, 0.3) is 11.8 Å². The topological polar surface area (TPSA) is 148 Å². The van der Waals surface area contributed by atoms with Crippen molar-refractivity contribution < 1.29 is 33.4 Å². The summed E-state index contributed by atoms with van der Waals surface area (Å²) in [6.07, 6.45) is 4.57. The Balaban J connectivity index is 1.54. The summed E-state index contributed by atoms with van der Waals surface area (Å²) in [5.41, 5.74) is 4.29. The fourth-order valence-electron chi connectivity index (χ4n) is 5.23. The van der Waals surface area contributed by atoms with Gasteiger partial charge in [0.05, 0.1) is 30.5 Å². The van der Waals surface area contributed by atoms with E-state index in [0.29, 0.717) is 36.2 Å². The molecule has 0 unspecified atom stereocenters. The number of pyridine rings is 1. The molecular weight excluding hydrogens is 554 g/mol. The second kappa shape index (κ2) is 12.6. The molecule has 4 heterocycles. The highest BCUT2D eigenvalue weighted by atomic mass is 16.7. The molecule has 2 aromatic rings. The van der Waals surface area contributed by atoms with E-state index in [1.165, 1.54) is 11.9 Å². The van der Waals surface area contributed by atoms with Gasteiger partial charge in [0.15, 0.2) is 5.76 Å². The lowest BCUT2D eigenvalue weighted by Gasteiger charge is -2.35. The van der Waals surface area contributed by atoms with Crippen LogP contribution in [0.3, 0.4) is 0 Å². The number of hydrogen-bond donors (Lipinski definition) is 3. The number of nitrogens with zero attached hydrogens (tertiary/aromatic N) is 2. The normalized spacial score (nSPS) is 26.1. The molecule has 1 spiro atoms. The molecular formula is C31H37N5O7. The molecule has 5 rings (SSSR count). The highest BCUT2D eigenvalue weighted by molar-refractivity contribution is 5.98. The van der Waals surface area contributed by atoms with Crippen molar-refractivity contribution in [3.63, 3.8) is 0 Å². The van der Waals surface area contributed by atoms with E-state index >= 15 is 0 Å². The van der Waals surface area contributed by atoms with Gasteiger partial charge in [-0.3, -0.25) is 29.2 Å². The molecule has 2 fully saturated rings. The zero-order valence-electron chi connectivity index (χ0n) is 24.8. The van der Waals surface area contributed by atoms with Crippen molar-refractivity contribution in [2.24, 2.45) is 5.41 Å². The van der Waals surface area contributed by atoms with Gasteiger partial charge in [-0.2, -0.15) is 0 Å². The van der Waals surface area contributed by atoms with Gasteiger partial charge in [-0.05, 0) is 63.8 Å². The molecule has 3 atom stereocenters. The maximum Gasteiger partial charge on any atom is 0.326 e. The van der Waals surface area contributed by atoms with Crippen LogP contribution in [0, 0.1) is 5.41 Å². The fraction of sp³-hybridized carbons (Fsp3) is 0.452. The Bertz CT molecular complexity index is 1490. The minimum Gasteiger partial charge on any atom is -0.420 e. The summed E-state index contributed by atoms with van der Waals surface area (Å²) in [5, 5.41) is 7.91. The number of allylic oxidation sites excluding steroid dienone is 1. The Labute approximate surface area is 249 Å². The van der Waals surface area contributed by atoms with E-state index in [9.17, 15) is 19.2 Å². The lowest BCUT2D eigenvalue weighted by molar-refractivity contribution is -0.183. The van der Waals surface area contributed by atoms with Crippen molar-refractivity contribution in [2.45, 2.75) is 58.7 Å². The number of benzene rings is 1. The molecule has 12 nitrogen and oxygen atoms in total. The van der Waals surface area contributed by atoms with Gasteiger partial charge in [-0.1, -0.05) is 30.4 Å². The Kier molecular flexibility index (Phi) is 8.90. The number of carbonyl (C=O) groups excluding carboxylic acids is 4. The Morgan fingerprint density at radius 1 is 1.00 bits per heavy atom. The first kappa shape index (κ1) is 30.3. The predicted octanol–water partition coefficient (Wildman–Crippen LogP) is 2.27. The van der Waals surface area contributed by atoms with E-state index in [2.05, 4.69) is 16.1 Å². The van der Waals surface area contributed by atoms with Crippen LogP contribution in [0.4, 0.5) is 0 Å². The number of rotatable bonds is 0. The Morgan fingerprint density at radius 3 is 2.49 bits per heavy atom. The minimum atomic E-state index is -1.32. The van der Waals surface area contributed by atoms with Crippen LogP contribution in [0.25, 0.3) is 17.0 Å². The number of cyclic esters (lactones) is 1. The lowest BCUT2D eigenvalue weighted by Crippen LogP contribution is -2.61. The third-order valence-electron chi connectivity index (χ3n) is 7.77. The average Bonchev–Trinajstić information content (AvgIpc) is 3.01. The van der Waals surface area contributed by atoms with Gasteiger partial charge in [0.1, 0.15) is 24.3 Å². The van der Waals surface area contributed by atoms with Crippen molar-refractivity contribution in [1.82, 2.24) is 26.1 Å². The van der Waals surface area contributed by atoms with E-state index in [4.69, 9.17) is 19.2 Å². The summed E-state index contributed by atoms with van der Waals surface area (Å²) in [4.78, 5) is 58.2. The third-order valence-corrected chi connectivity index (χ3v) is 7.77.